The molecule has 1 amide bonds. The molecule has 0 aliphatic heterocycles. The summed E-state index contributed by atoms with van der Waals surface area (Å²) < 4.78 is 11.0. The van der Waals surface area contributed by atoms with E-state index in [-0.39, 0.29) is 18.4 Å². The first-order valence-electron chi connectivity index (χ1n) is 10.5. The predicted molar refractivity (Wildman–Crippen MR) is 129 cm³/mol. The van der Waals surface area contributed by atoms with Crippen LogP contribution in [0.5, 0.6) is 11.5 Å². The number of ether oxygens (including phenoxy) is 2. The maximum atomic E-state index is 12.2. The zero-order valence-corrected chi connectivity index (χ0v) is 19.4. The Morgan fingerprint density at radius 3 is 2.48 bits per heavy atom. The molecular weight excluding hydrogens is 440 g/mol. The van der Waals surface area contributed by atoms with E-state index in [0.717, 1.165) is 16.7 Å². The van der Waals surface area contributed by atoms with Crippen molar-refractivity contribution in [1.82, 2.24) is 5.43 Å². The van der Waals surface area contributed by atoms with Crippen LogP contribution in [0.1, 0.15) is 46.8 Å². The highest BCUT2D eigenvalue weighted by Crippen LogP contribution is 2.27. The maximum Gasteiger partial charge on any atom is 0.345 e. The Bertz CT molecular complexity index is 1160. The topological polar surface area (TPSA) is 77.0 Å². The molecule has 0 fully saturated rings. The number of rotatable bonds is 8. The number of carbonyl (C=O) groups is 2. The van der Waals surface area contributed by atoms with Gasteiger partial charge in [0.1, 0.15) is 11.5 Å². The Kier molecular flexibility index (Phi) is 8.22. The van der Waals surface area contributed by atoms with Crippen LogP contribution in [0.15, 0.2) is 71.8 Å². The summed E-state index contributed by atoms with van der Waals surface area (Å²) in [6.45, 7) is 5.98. The van der Waals surface area contributed by atoms with Gasteiger partial charge in [0, 0.05) is 0 Å². The van der Waals surface area contributed by atoms with E-state index in [1.165, 1.54) is 6.21 Å². The summed E-state index contributed by atoms with van der Waals surface area (Å²) in [5, 5.41) is 4.28. The largest absolute Gasteiger partial charge is 0.483 e. The highest BCUT2D eigenvalue weighted by atomic mass is 35.5. The fourth-order valence-corrected chi connectivity index (χ4v) is 3.22. The fraction of sp³-hybridized carbons (Fsp3) is 0.192. The van der Waals surface area contributed by atoms with Crippen LogP contribution in [0.3, 0.4) is 0 Å². The summed E-state index contributed by atoms with van der Waals surface area (Å²) in [5.74, 6) is 0.449. The van der Waals surface area contributed by atoms with Gasteiger partial charge in [-0.15, -0.1) is 0 Å². The van der Waals surface area contributed by atoms with Gasteiger partial charge < -0.3 is 9.47 Å². The molecule has 33 heavy (non-hydrogen) atoms. The molecule has 3 aromatic rings. The van der Waals surface area contributed by atoms with Gasteiger partial charge in [0.15, 0.2) is 6.61 Å². The molecule has 3 rings (SSSR count). The monoisotopic (exact) mass is 464 g/mol. The minimum Gasteiger partial charge on any atom is -0.483 e. The molecule has 0 heterocycles. The van der Waals surface area contributed by atoms with E-state index in [0.29, 0.717) is 22.1 Å². The maximum absolute atomic E-state index is 12.2. The van der Waals surface area contributed by atoms with Gasteiger partial charge in [-0.3, -0.25) is 4.79 Å². The molecule has 0 saturated carbocycles. The van der Waals surface area contributed by atoms with E-state index in [1.54, 1.807) is 48.5 Å². The Labute approximate surface area is 198 Å². The van der Waals surface area contributed by atoms with Crippen LogP contribution in [0.25, 0.3) is 0 Å². The summed E-state index contributed by atoms with van der Waals surface area (Å²) in [7, 11) is 0. The lowest BCUT2D eigenvalue weighted by molar-refractivity contribution is -0.123. The van der Waals surface area contributed by atoms with Crippen molar-refractivity contribution >= 4 is 29.7 Å². The second kappa shape index (κ2) is 11.3. The molecule has 6 nitrogen and oxygen atoms in total. The van der Waals surface area contributed by atoms with Crippen LogP contribution < -0.4 is 14.9 Å². The third-order valence-corrected chi connectivity index (χ3v) is 5.07. The van der Waals surface area contributed by atoms with Gasteiger partial charge in [-0.2, -0.15) is 5.10 Å². The van der Waals surface area contributed by atoms with Gasteiger partial charge in [-0.05, 0) is 72.0 Å². The van der Waals surface area contributed by atoms with Crippen molar-refractivity contribution in [2.45, 2.75) is 26.7 Å². The lowest BCUT2D eigenvalue weighted by Gasteiger charge is -2.14. The van der Waals surface area contributed by atoms with Crippen molar-refractivity contribution < 1.29 is 19.1 Å². The molecule has 0 unspecified atom stereocenters. The molecule has 1 N–H and O–H groups in total. The molecule has 7 heteroatoms. The number of carbonyl (C=O) groups excluding carboxylic acids is 2. The van der Waals surface area contributed by atoms with E-state index >= 15 is 0 Å². The molecule has 170 valence electrons. The number of hydrogen-bond acceptors (Lipinski definition) is 5. The molecule has 0 aliphatic carbocycles. The second-order valence-electron chi connectivity index (χ2n) is 7.72. The highest BCUT2D eigenvalue weighted by molar-refractivity contribution is 6.33. The molecule has 0 aliphatic rings. The Morgan fingerprint density at radius 1 is 1.06 bits per heavy atom. The Morgan fingerprint density at radius 2 is 1.79 bits per heavy atom. The third kappa shape index (κ3) is 6.92. The molecule has 0 bridgehead atoms. The number of benzene rings is 3. The standard InChI is InChI=1S/C26H25ClN2O4/c1-17(2)21-13-8-18(3)14-24(21)32-16-25(30)29-28-15-19-9-11-20(12-10-19)33-26(31)22-6-4-5-7-23(22)27/h4-15,17H,16H2,1-3H3,(H,29,30). The average Bonchev–Trinajstić information content (AvgIpc) is 2.79. The van der Waals surface area contributed by atoms with Gasteiger partial charge in [0.05, 0.1) is 16.8 Å². The first kappa shape index (κ1) is 24.0. The van der Waals surface area contributed by atoms with Crippen LogP contribution in [0, 0.1) is 6.92 Å². The van der Waals surface area contributed by atoms with Crippen molar-refractivity contribution in [3.63, 3.8) is 0 Å². The zero-order valence-electron chi connectivity index (χ0n) is 18.7. The van der Waals surface area contributed by atoms with E-state index < -0.39 is 5.97 Å². The minimum atomic E-state index is -0.538. The van der Waals surface area contributed by atoms with Crippen LogP contribution in [-0.4, -0.2) is 24.7 Å². The number of nitrogens with zero attached hydrogens (tertiary/aromatic N) is 1. The van der Waals surface area contributed by atoms with Crippen LogP contribution in [0.4, 0.5) is 0 Å². The number of hydrogen-bond donors (Lipinski definition) is 1. The molecular formula is C26H25ClN2O4. The van der Waals surface area contributed by atoms with E-state index in [9.17, 15) is 9.59 Å². The van der Waals surface area contributed by atoms with Gasteiger partial charge in [-0.25, -0.2) is 10.2 Å². The summed E-state index contributed by atoms with van der Waals surface area (Å²) in [6, 6.07) is 19.3. The lowest BCUT2D eigenvalue weighted by Crippen LogP contribution is -2.25. The molecule has 0 saturated heterocycles. The minimum absolute atomic E-state index is 0.141. The third-order valence-electron chi connectivity index (χ3n) is 4.74. The van der Waals surface area contributed by atoms with Crippen molar-refractivity contribution in [3.05, 3.63) is 94.0 Å². The van der Waals surface area contributed by atoms with E-state index in [2.05, 4.69) is 24.4 Å². The quantitative estimate of drug-likeness (QED) is 0.206. The predicted octanol–water partition coefficient (Wildman–Crippen LogP) is 5.52. The SMILES string of the molecule is Cc1ccc(C(C)C)c(OCC(=O)NN=Cc2ccc(OC(=O)c3ccccc3Cl)cc2)c1. The number of halogens is 1. The summed E-state index contributed by atoms with van der Waals surface area (Å²) in [4.78, 5) is 24.3. The Hall–Kier alpha value is -3.64. The van der Waals surface area contributed by atoms with E-state index in [4.69, 9.17) is 21.1 Å². The van der Waals surface area contributed by atoms with Crippen LogP contribution in [-0.2, 0) is 4.79 Å². The van der Waals surface area contributed by atoms with E-state index in [1.807, 2.05) is 25.1 Å². The number of aryl methyl sites for hydroxylation is 1. The first-order valence-corrected chi connectivity index (χ1v) is 10.8. The van der Waals surface area contributed by atoms with Gasteiger partial charge in [0.2, 0.25) is 0 Å². The molecule has 0 atom stereocenters. The lowest BCUT2D eigenvalue weighted by atomic mass is 10.0. The molecule has 3 aromatic carbocycles. The number of hydrazone groups is 1. The molecule has 0 aromatic heterocycles. The van der Waals surface area contributed by atoms with Crippen molar-refractivity contribution in [1.29, 1.82) is 0 Å². The van der Waals surface area contributed by atoms with Crippen molar-refractivity contribution in [3.8, 4) is 11.5 Å². The van der Waals surface area contributed by atoms with Crippen LogP contribution in [0.2, 0.25) is 5.02 Å². The average molecular weight is 465 g/mol. The second-order valence-corrected chi connectivity index (χ2v) is 8.12. The first-order chi connectivity index (χ1) is 15.8. The smallest absolute Gasteiger partial charge is 0.345 e. The van der Waals surface area contributed by atoms with Crippen LogP contribution >= 0.6 is 11.6 Å². The van der Waals surface area contributed by atoms with Gasteiger partial charge in [-0.1, -0.05) is 49.7 Å². The van der Waals surface area contributed by atoms with Gasteiger partial charge >= 0.3 is 5.97 Å². The van der Waals surface area contributed by atoms with Gasteiger partial charge in [0.25, 0.3) is 5.91 Å². The number of esters is 1. The number of amides is 1. The highest BCUT2D eigenvalue weighted by Gasteiger charge is 2.12. The number of nitrogens with one attached hydrogen (secondary N) is 1. The fourth-order valence-electron chi connectivity index (χ4n) is 3.01. The van der Waals surface area contributed by atoms with Crippen molar-refractivity contribution in [2.75, 3.05) is 6.61 Å². The summed E-state index contributed by atoms with van der Waals surface area (Å²) in [5.41, 5.74) is 5.57. The zero-order chi connectivity index (χ0) is 23.8. The Balaban J connectivity index is 1.50. The van der Waals surface area contributed by atoms with Crippen molar-refractivity contribution in [2.24, 2.45) is 5.10 Å². The summed E-state index contributed by atoms with van der Waals surface area (Å²) >= 11 is 6.02. The molecule has 0 radical (unpaired) electrons. The molecule has 0 spiro atoms. The summed E-state index contributed by atoms with van der Waals surface area (Å²) in [6.07, 6.45) is 1.49. The normalized spacial score (nSPS) is 10.9.